The van der Waals surface area contributed by atoms with Crippen LogP contribution in [-0.2, 0) is 19.4 Å². The van der Waals surface area contributed by atoms with E-state index in [2.05, 4.69) is 30.3 Å². The molecule has 0 aliphatic carbocycles. The molecule has 0 radical (unpaired) electrons. The highest BCUT2D eigenvalue weighted by molar-refractivity contribution is 5.17. The minimum absolute atomic E-state index is 0.193. The second kappa shape index (κ2) is 4.60. The number of aromatic nitrogens is 2. The van der Waals surface area contributed by atoms with Gasteiger partial charge in [0.15, 0.2) is 0 Å². The average Bonchev–Trinajstić information content (AvgIpc) is 2.42. The molecule has 0 fully saturated rings. The largest absolute Gasteiger partial charge is 0.330 e. The SMILES string of the molecule is CCc1nc(C)n(CC(C)N)c1CC. The van der Waals surface area contributed by atoms with Gasteiger partial charge in [-0.25, -0.2) is 4.98 Å². The highest BCUT2D eigenvalue weighted by Crippen LogP contribution is 2.13. The molecule has 1 heterocycles. The molecular formula is C11H21N3. The lowest BCUT2D eigenvalue weighted by molar-refractivity contribution is 0.560. The zero-order chi connectivity index (χ0) is 10.7. The fourth-order valence-corrected chi connectivity index (χ4v) is 1.88. The summed E-state index contributed by atoms with van der Waals surface area (Å²) in [5.41, 5.74) is 8.40. The Hall–Kier alpha value is -0.830. The van der Waals surface area contributed by atoms with E-state index in [9.17, 15) is 0 Å². The maximum absolute atomic E-state index is 5.82. The Kier molecular flexibility index (Phi) is 3.69. The van der Waals surface area contributed by atoms with Gasteiger partial charge in [-0.2, -0.15) is 0 Å². The van der Waals surface area contributed by atoms with E-state index in [4.69, 9.17) is 5.73 Å². The molecule has 1 rings (SSSR count). The number of rotatable bonds is 4. The van der Waals surface area contributed by atoms with Crippen LogP contribution >= 0.6 is 0 Å². The normalized spacial score (nSPS) is 13.2. The predicted molar refractivity (Wildman–Crippen MR) is 59.4 cm³/mol. The molecule has 14 heavy (non-hydrogen) atoms. The van der Waals surface area contributed by atoms with Crippen molar-refractivity contribution < 1.29 is 0 Å². The summed E-state index contributed by atoms with van der Waals surface area (Å²) >= 11 is 0. The van der Waals surface area contributed by atoms with Gasteiger partial charge in [0.1, 0.15) is 5.82 Å². The Morgan fingerprint density at radius 1 is 1.36 bits per heavy atom. The molecular weight excluding hydrogens is 174 g/mol. The van der Waals surface area contributed by atoms with Crippen molar-refractivity contribution in [2.75, 3.05) is 0 Å². The van der Waals surface area contributed by atoms with Crippen molar-refractivity contribution in [2.24, 2.45) is 5.73 Å². The summed E-state index contributed by atoms with van der Waals surface area (Å²) in [6.07, 6.45) is 2.05. The number of hydrogen-bond acceptors (Lipinski definition) is 2. The van der Waals surface area contributed by atoms with Crippen molar-refractivity contribution in [3.05, 3.63) is 17.2 Å². The maximum Gasteiger partial charge on any atom is 0.106 e. The molecule has 3 nitrogen and oxygen atoms in total. The Labute approximate surface area is 86.3 Å². The monoisotopic (exact) mass is 195 g/mol. The van der Waals surface area contributed by atoms with Crippen molar-refractivity contribution in [1.82, 2.24) is 9.55 Å². The van der Waals surface area contributed by atoms with Crippen LogP contribution in [-0.4, -0.2) is 15.6 Å². The summed E-state index contributed by atoms with van der Waals surface area (Å²) in [5, 5.41) is 0. The molecule has 1 aromatic rings. The molecule has 0 saturated heterocycles. The first-order valence-corrected chi connectivity index (χ1v) is 5.40. The average molecular weight is 195 g/mol. The first-order valence-electron chi connectivity index (χ1n) is 5.40. The lowest BCUT2D eigenvalue weighted by Gasteiger charge is -2.12. The summed E-state index contributed by atoms with van der Waals surface area (Å²) < 4.78 is 2.25. The van der Waals surface area contributed by atoms with Gasteiger partial charge >= 0.3 is 0 Å². The van der Waals surface area contributed by atoms with Crippen molar-refractivity contribution in [3.8, 4) is 0 Å². The molecule has 1 aromatic heterocycles. The third-order valence-corrected chi connectivity index (χ3v) is 2.49. The third-order valence-electron chi connectivity index (χ3n) is 2.49. The van der Waals surface area contributed by atoms with Gasteiger partial charge in [0.05, 0.1) is 5.69 Å². The number of nitrogens with zero attached hydrogens (tertiary/aromatic N) is 2. The van der Waals surface area contributed by atoms with E-state index in [0.717, 1.165) is 25.2 Å². The highest BCUT2D eigenvalue weighted by atomic mass is 15.1. The molecule has 80 valence electrons. The zero-order valence-electron chi connectivity index (χ0n) is 9.67. The van der Waals surface area contributed by atoms with E-state index in [1.54, 1.807) is 0 Å². The van der Waals surface area contributed by atoms with Crippen LogP contribution in [0.2, 0.25) is 0 Å². The smallest absolute Gasteiger partial charge is 0.106 e. The second-order valence-corrected chi connectivity index (χ2v) is 3.85. The lowest BCUT2D eigenvalue weighted by atomic mass is 10.2. The summed E-state index contributed by atoms with van der Waals surface area (Å²) in [4.78, 5) is 4.56. The van der Waals surface area contributed by atoms with Crippen LogP contribution in [0.25, 0.3) is 0 Å². The molecule has 0 aliphatic heterocycles. The van der Waals surface area contributed by atoms with Crippen molar-refractivity contribution in [3.63, 3.8) is 0 Å². The van der Waals surface area contributed by atoms with E-state index in [1.165, 1.54) is 11.4 Å². The van der Waals surface area contributed by atoms with E-state index >= 15 is 0 Å². The van der Waals surface area contributed by atoms with Crippen molar-refractivity contribution in [1.29, 1.82) is 0 Å². The van der Waals surface area contributed by atoms with Gasteiger partial charge in [-0.1, -0.05) is 13.8 Å². The van der Waals surface area contributed by atoms with E-state index in [-0.39, 0.29) is 6.04 Å². The van der Waals surface area contributed by atoms with Gasteiger partial charge < -0.3 is 10.3 Å². The Bertz CT molecular complexity index is 300. The lowest BCUT2D eigenvalue weighted by Crippen LogP contribution is -2.24. The highest BCUT2D eigenvalue weighted by Gasteiger charge is 2.12. The topological polar surface area (TPSA) is 43.8 Å². The van der Waals surface area contributed by atoms with E-state index in [1.807, 2.05) is 6.92 Å². The van der Waals surface area contributed by atoms with Gasteiger partial charge in [-0.3, -0.25) is 0 Å². The molecule has 0 bridgehead atoms. The molecule has 3 heteroatoms. The minimum Gasteiger partial charge on any atom is -0.330 e. The van der Waals surface area contributed by atoms with Gasteiger partial charge in [0, 0.05) is 18.3 Å². The molecule has 0 aliphatic rings. The molecule has 0 amide bonds. The number of aryl methyl sites for hydroxylation is 2. The number of hydrogen-bond donors (Lipinski definition) is 1. The summed E-state index contributed by atoms with van der Waals surface area (Å²) in [5.74, 6) is 1.09. The van der Waals surface area contributed by atoms with Gasteiger partial charge in [-0.05, 0) is 26.7 Å². The Morgan fingerprint density at radius 2 is 2.00 bits per heavy atom. The minimum atomic E-state index is 0.193. The van der Waals surface area contributed by atoms with Crippen LogP contribution in [0.1, 0.15) is 38.0 Å². The second-order valence-electron chi connectivity index (χ2n) is 3.85. The first kappa shape index (κ1) is 11.2. The first-order chi connectivity index (χ1) is 6.60. The Morgan fingerprint density at radius 3 is 2.43 bits per heavy atom. The van der Waals surface area contributed by atoms with Gasteiger partial charge in [-0.15, -0.1) is 0 Å². The van der Waals surface area contributed by atoms with Crippen LogP contribution in [0.3, 0.4) is 0 Å². The van der Waals surface area contributed by atoms with E-state index < -0.39 is 0 Å². The van der Waals surface area contributed by atoms with Gasteiger partial charge in [0.25, 0.3) is 0 Å². The molecule has 0 aromatic carbocycles. The van der Waals surface area contributed by atoms with Crippen LogP contribution in [0.15, 0.2) is 0 Å². The fraction of sp³-hybridized carbons (Fsp3) is 0.727. The quantitative estimate of drug-likeness (QED) is 0.794. The molecule has 1 unspecified atom stereocenters. The number of nitrogens with two attached hydrogens (primary N) is 1. The zero-order valence-corrected chi connectivity index (χ0v) is 9.67. The standard InChI is InChI=1S/C11H21N3/c1-5-10-11(6-2)14(7-8(3)12)9(4)13-10/h8H,5-7,12H2,1-4H3. The number of imidazole rings is 1. The van der Waals surface area contributed by atoms with Crippen LogP contribution < -0.4 is 5.73 Å². The molecule has 2 N–H and O–H groups in total. The van der Waals surface area contributed by atoms with Crippen molar-refractivity contribution >= 4 is 0 Å². The van der Waals surface area contributed by atoms with E-state index in [0.29, 0.717) is 0 Å². The van der Waals surface area contributed by atoms with Crippen molar-refractivity contribution in [2.45, 2.75) is 53.1 Å². The van der Waals surface area contributed by atoms with Crippen LogP contribution in [0.5, 0.6) is 0 Å². The summed E-state index contributed by atoms with van der Waals surface area (Å²) in [7, 11) is 0. The third kappa shape index (κ3) is 2.15. The van der Waals surface area contributed by atoms with Crippen LogP contribution in [0, 0.1) is 6.92 Å². The summed E-state index contributed by atoms with van der Waals surface area (Å²) in [6, 6.07) is 0.193. The van der Waals surface area contributed by atoms with Gasteiger partial charge in [0.2, 0.25) is 0 Å². The molecule has 0 spiro atoms. The fourth-order valence-electron chi connectivity index (χ4n) is 1.88. The summed E-state index contributed by atoms with van der Waals surface area (Å²) in [6.45, 7) is 9.29. The predicted octanol–water partition coefficient (Wildman–Crippen LogP) is 1.66. The van der Waals surface area contributed by atoms with Crippen LogP contribution in [0.4, 0.5) is 0 Å². The Balaban J connectivity index is 3.06. The molecule has 0 saturated carbocycles. The molecule has 1 atom stereocenters. The maximum atomic E-state index is 5.82.